The molecule has 0 spiro atoms. The molecule has 0 radical (unpaired) electrons. The standard InChI is InChI=1S/C23H21FN2O3S/c24-16-3-6-26(7-4-16)8-9-28-17-1-2-21-18(11-17)20(27)13-22(29-21)19-12-23-15(14-25-19)5-10-30-23/h1-2,5,10-14,16H,3-4,6-9H2. The number of thiophene rings is 1. The number of aromatic nitrogens is 1. The van der Waals surface area contributed by atoms with E-state index in [9.17, 15) is 9.18 Å². The normalized spacial score (nSPS) is 15.8. The molecule has 0 saturated carbocycles. The van der Waals surface area contributed by atoms with Gasteiger partial charge in [-0.3, -0.25) is 14.7 Å². The second-order valence-electron chi connectivity index (χ2n) is 7.53. The lowest BCUT2D eigenvalue weighted by molar-refractivity contribution is 0.132. The molecule has 0 aliphatic carbocycles. The van der Waals surface area contributed by atoms with Crippen LogP contribution in [-0.2, 0) is 0 Å². The minimum atomic E-state index is -0.672. The molecule has 7 heteroatoms. The van der Waals surface area contributed by atoms with Crippen molar-refractivity contribution < 1.29 is 13.5 Å². The van der Waals surface area contributed by atoms with E-state index in [1.54, 1.807) is 35.7 Å². The van der Waals surface area contributed by atoms with Crippen LogP contribution in [0.25, 0.3) is 32.5 Å². The molecule has 0 bridgehead atoms. The van der Waals surface area contributed by atoms with E-state index in [0.717, 1.165) is 29.7 Å². The number of piperidine rings is 1. The number of ether oxygens (including phenoxy) is 1. The Kier molecular flexibility index (Phi) is 5.23. The molecule has 0 N–H and O–H groups in total. The van der Waals surface area contributed by atoms with Crippen LogP contribution in [-0.4, -0.2) is 42.3 Å². The first-order chi connectivity index (χ1) is 14.7. The zero-order chi connectivity index (χ0) is 20.5. The van der Waals surface area contributed by atoms with Gasteiger partial charge in [-0.25, -0.2) is 4.39 Å². The smallest absolute Gasteiger partial charge is 0.193 e. The Hall–Kier alpha value is -2.77. The molecular weight excluding hydrogens is 403 g/mol. The van der Waals surface area contributed by atoms with Crippen LogP contribution in [0.3, 0.4) is 0 Å². The Bertz CT molecular complexity index is 1240. The fourth-order valence-electron chi connectivity index (χ4n) is 3.76. The van der Waals surface area contributed by atoms with E-state index < -0.39 is 6.17 Å². The number of hydrogen-bond donors (Lipinski definition) is 0. The number of nitrogens with zero attached hydrogens (tertiary/aromatic N) is 2. The monoisotopic (exact) mass is 424 g/mol. The van der Waals surface area contributed by atoms with Crippen molar-refractivity contribution in [1.82, 2.24) is 9.88 Å². The molecule has 5 rings (SSSR count). The van der Waals surface area contributed by atoms with Gasteiger partial charge in [-0.1, -0.05) is 0 Å². The van der Waals surface area contributed by atoms with Gasteiger partial charge in [-0.05, 0) is 48.6 Å². The number of fused-ring (bicyclic) bond motifs is 2. The molecule has 5 nitrogen and oxygen atoms in total. The average molecular weight is 424 g/mol. The zero-order valence-electron chi connectivity index (χ0n) is 16.3. The van der Waals surface area contributed by atoms with Crippen LogP contribution in [0.5, 0.6) is 5.75 Å². The highest BCUT2D eigenvalue weighted by molar-refractivity contribution is 7.17. The highest BCUT2D eigenvalue weighted by Gasteiger charge is 2.18. The van der Waals surface area contributed by atoms with Gasteiger partial charge in [0.25, 0.3) is 0 Å². The van der Waals surface area contributed by atoms with Crippen molar-refractivity contribution in [2.75, 3.05) is 26.2 Å². The topological polar surface area (TPSA) is 55.6 Å². The number of alkyl halides is 1. The van der Waals surface area contributed by atoms with Gasteiger partial charge in [0, 0.05) is 42.0 Å². The molecule has 1 aliphatic rings. The van der Waals surface area contributed by atoms with Crippen molar-refractivity contribution >= 4 is 32.4 Å². The third-order valence-electron chi connectivity index (χ3n) is 5.48. The summed E-state index contributed by atoms with van der Waals surface area (Å²) in [6, 6.07) is 10.7. The average Bonchev–Trinajstić information content (AvgIpc) is 3.23. The van der Waals surface area contributed by atoms with Crippen molar-refractivity contribution in [3.05, 3.63) is 58.2 Å². The zero-order valence-corrected chi connectivity index (χ0v) is 17.2. The number of likely N-dealkylation sites (tertiary alicyclic amines) is 1. The van der Waals surface area contributed by atoms with Gasteiger partial charge in [-0.2, -0.15) is 0 Å². The van der Waals surface area contributed by atoms with Crippen LogP contribution >= 0.6 is 11.3 Å². The van der Waals surface area contributed by atoms with E-state index in [0.29, 0.717) is 47.6 Å². The second-order valence-corrected chi connectivity index (χ2v) is 8.47. The Balaban J connectivity index is 1.33. The van der Waals surface area contributed by atoms with Crippen molar-refractivity contribution in [2.24, 2.45) is 0 Å². The summed E-state index contributed by atoms with van der Waals surface area (Å²) >= 11 is 1.63. The molecule has 0 atom stereocenters. The summed E-state index contributed by atoms with van der Waals surface area (Å²) in [4.78, 5) is 19.3. The maximum atomic E-state index is 13.2. The van der Waals surface area contributed by atoms with Crippen LogP contribution in [0.15, 0.2) is 57.2 Å². The molecule has 1 aromatic carbocycles. The number of benzene rings is 1. The Morgan fingerprint density at radius 1 is 1.20 bits per heavy atom. The molecule has 1 aliphatic heterocycles. The Labute approximate surface area is 176 Å². The van der Waals surface area contributed by atoms with E-state index in [-0.39, 0.29) is 5.43 Å². The van der Waals surface area contributed by atoms with Gasteiger partial charge in [-0.15, -0.1) is 11.3 Å². The summed E-state index contributed by atoms with van der Waals surface area (Å²) < 4.78 is 26.1. The van der Waals surface area contributed by atoms with E-state index in [1.165, 1.54) is 6.07 Å². The van der Waals surface area contributed by atoms with E-state index >= 15 is 0 Å². The van der Waals surface area contributed by atoms with E-state index in [4.69, 9.17) is 9.15 Å². The maximum absolute atomic E-state index is 13.2. The van der Waals surface area contributed by atoms with Crippen molar-refractivity contribution in [1.29, 1.82) is 0 Å². The SMILES string of the molecule is O=c1cc(-c2cc3sccc3cn2)oc2ccc(OCCN3CCC(F)CC3)cc12. The number of rotatable bonds is 5. The fraction of sp³-hybridized carbons (Fsp3) is 0.304. The molecule has 4 aromatic rings. The molecule has 30 heavy (non-hydrogen) atoms. The van der Waals surface area contributed by atoms with Gasteiger partial charge in [0.2, 0.25) is 0 Å². The summed E-state index contributed by atoms with van der Waals surface area (Å²) in [5.74, 6) is 1.08. The van der Waals surface area contributed by atoms with Crippen molar-refractivity contribution in [3.63, 3.8) is 0 Å². The number of pyridine rings is 1. The van der Waals surface area contributed by atoms with Gasteiger partial charge in [0.1, 0.15) is 29.8 Å². The van der Waals surface area contributed by atoms with Crippen LogP contribution in [0.4, 0.5) is 4.39 Å². The molecular formula is C23H21FN2O3S. The van der Waals surface area contributed by atoms with Crippen LogP contribution < -0.4 is 10.2 Å². The van der Waals surface area contributed by atoms with Crippen molar-refractivity contribution in [3.8, 4) is 17.2 Å². The molecule has 154 valence electrons. The first kappa shape index (κ1) is 19.2. The van der Waals surface area contributed by atoms with Crippen LogP contribution in [0.2, 0.25) is 0 Å². The summed E-state index contributed by atoms with van der Waals surface area (Å²) in [7, 11) is 0. The summed E-state index contributed by atoms with van der Waals surface area (Å²) in [5.41, 5.74) is 1.01. The first-order valence-corrected chi connectivity index (χ1v) is 10.9. The first-order valence-electron chi connectivity index (χ1n) is 10.1. The Morgan fingerprint density at radius 2 is 2.07 bits per heavy atom. The van der Waals surface area contributed by atoms with Crippen LogP contribution in [0, 0.1) is 0 Å². The quantitative estimate of drug-likeness (QED) is 0.457. The summed E-state index contributed by atoms with van der Waals surface area (Å²) in [6.07, 6.45) is 2.30. The lowest BCUT2D eigenvalue weighted by atomic mass is 10.1. The molecule has 3 aromatic heterocycles. The predicted molar refractivity (Wildman–Crippen MR) is 117 cm³/mol. The fourth-order valence-corrected chi connectivity index (χ4v) is 4.56. The number of hydrogen-bond acceptors (Lipinski definition) is 6. The second kappa shape index (κ2) is 8.16. The number of halogens is 1. The van der Waals surface area contributed by atoms with Gasteiger partial charge in [0.05, 0.1) is 5.39 Å². The lowest BCUT2D eigenvalue weighted by Crippen LogP contribution is -2.37. The molecule has 1 saturated heterocycles. The Morgan fingerprint density at radius 3 is 2.93 bits per heavy atom. The lowest BCUT2D eigenvalue weighted by Gasteiger charge is -2.28. The summed E-state index contributed by atoms with van der Waals surface area (Å²) in [5, 5.41) is 3.56. The highest BCUT2D eigenvalue weighted by atomic mass is 32.1. The maximum Gasteiger partial charge on any atom is 0.193 e. The highest BCUT2D eigenvalue weighted by Crippen LogP contribution is 2.27. The molecule has 0 unspecified atom stereocenters. The van der Waals surface area contributed by atoms with Gasteiger partial charge < -0.3 is 9.15 Å². The van der Waals surface area contributed by atoms with E-state index in [2.05, 4.69) is 9.88 Å². The largest absolute Gasteiger partial charge is 0.492 e. The third-order valence-corrected chi connectivity index (χ3v) is 6.36. The summed E-state index contributed by atoms with van der Waals surface area (Å²) in [6.45, 7) is 2.77. The molecule has 4 heterocycles. The van der Waals surface area contributed by atoms with Gasteiger partial charge >= 0.3 is 0 Å². The minimum absolute atomic E-state index is 0.130. The molecule has 0 amide bonds. The van der Waals surface area contributed by atoms with Crippen LogP contribution in [0.1, 0.15) is 12.8 Å². The van der Waals surface area contributed by atoms with Crippen molar-refractivity contribution in [2.45, 2.75) is 19.0 Å². The van der Waals surface area contributed by atoms with E-state index in [1.807, 2.05) is 17.5 Å². The third kappa shape index (κ3) is 3.95. The minimum Gasteiger partial charge on any atom is -0.492 e. The predicted octanol–water partition coefficient (Wildman–Crippen LogP) is 4.88. The molecule has 1 fully saturated rings. The van der Waals surface area contributed by atoms with Gasteiger partial charge in [0.15, 0.2) is 11.2 Å².